The molecular weight excluding hydrogens is 556 g/mol. The molecule has 1 fully saturated rings. The Morgan fingerprint density at radius 3 is 2.21 bits per heavy atom. The van der Waals surface area contributed by atoms with Crippen molar-refractivity contribution < 1.29 is 38.5 Å². The second-order valence-corrected chi connectivity index (χ2v) is 9.24. The van der Waals surface area contributed by atoms with E-state index in [-0.39, 0.29) is 34.6 Å². The van der Waals surface area contributed by atoms with Gasteiger partial charge in [-0.15, -0.1) is 0 Å². The van der Waals surface area contributed by atoms with E-state index in [4.69, 9.17) is 33.7 Å². The van der Waals surface area contributed by atoms with Gasteiger partial charge in [0.1, 0.15) is 17.2 Å². The summed E-state index contributed by atoms with van der Waals surface area (Å²) in [4.78, 5) is 71.0. The number of aliphatic carboxylic acids is 2. The number of anilines is 1. The number of nitrogens with zero attached hydrogens (tertiary/aromatic N) is 4. The number of carbonyl (C=O) groups is 3. The molecule has 0 unspecified atom stereocenters. The number of fused-ring (bicyclic) bond motifs is 1. The van der Waals surface area contributed by atoms with Gasteiger partial charge in [-0.1, -0.05) is 0 Å². The molecule has 15 nitrogen and oxygen atoms in total. The lowest BCUT2D eigenvalue weighted by Gasteiger charge is -2.36. The maximum atomic E-state index is 12.3. The van der Waals surface area contributed by atoms with Crippen LogP contribution in [0.2, 0.25) is 0 Å². The van der Waals surface area contributed by atoms with Gasteiger partial charge in [0.15, 0.2) is 5.43 Å². The zero-order valence-electron chi connectivity index (χ0n) is 23.4. The normalized spacial score (nSPS) is 13.3. The summed E-state index contributed by atoms with van der Waals surface area (Å²) >= 11 is 0. The highest BCUT2D eigenvalue weighted by atomic mass is 16.5. The van der Waals surface area contributed by atoms with Gasteiger partial charge in [0, 0.05) is 65.0 Å². The van der Waals surface area contributed by atoms with E-state index in [1.807, 2.05) is 0 Å². The maximum absolute atomic E-state index is 12.3. The number of ether oxygens (including phenoxy) is 2. The standard InChI is InChI=1S/C25H30N4O7.C2H2O4/c1-4-34-24(32)21-15-19(30)18-7-6-17(14-20(18)36-21)35-13-5-8-28-9-11-29(12-10-28)22-16-23(31)27(3)25(33)26(22)2;3-1(4)2(5)6/h6-7,14-16H,4-5,8-13H2,1-3H3;(H,3,4)(H,5,6). The Kier molecular flexibility index (Phi) is 10.6. The third kappa shape index (κ3) is 7.84. The fourth-order valence-electron chi connectivity index (χ4n) is 4.23. The number of carboxylic acids is 2. The average molecular weight is 589 g/mol. The van der Waals surface area contributed by atoms with E-state index in [2.05, 4.69) is 9.80 Å². The van der Waals surface area contributed by atoms with Crippen LogP contribution in [-0.4, -0.2) is 88.1 Å². The molecule has 226 valence electrons. The quantitative estimate of drug-likeness (QED) is 0.205. The number of carbonyl (C=O) groups excluding carboxylic acids is 1. The zero-order valence-corrected chi connectivity index (χ0v) is 23.4. The Morgan fingerprint density at radius 1 is 0.929 bits per heavy atom. The second-order valence-electron chi connectivity index (χ2n) is 9.24. The van der Waals surface area contributed by atoms with Crippen molar-refractivity contribution in [3.63, 3.8) is 0 Å². The summed E-state index contributed by atoms with van der Waals surface area (Å²) in [5, 5.41) is 15.1. The first kappa shape index (κ1) is 31.6. The Labute approximate surface area is 238 Å². The minimum atomic E-state index is -1.82. The minimum absolute atomic E-state index is 0.137. The Morgan fingerprint density at radius 2 is 1.60 bits per heavy atom. The number of aromatic nitrogens is 2. The topological polar surface area (TPSA) is 191 Å². The van der Waals surface area contributed by atoms with Crippen molar-refractivity contribution in [2.24, 2.45) is 14.1 Å². The number of benzene rings is 1. The van der Waals surface area contributed by atoms with E-state index in [9.17, 15) is 19.2 Å². The number of esters is 1. The molecule has 0 radical (unpaired) electrons. The van der Waals surface area contributed by atoms with Crippen LogP contribution in [-0.2, 0) is 28.4 Å². The summed E-state index contributed by atoms with van der Waals surface area (Å²) in [7, 11) is 3.15. The summed E-state index contributed by atoms with van der Waals surface area (Å²) < 4.78 is 18.9. The highest BCUT2D eigenvalue weighted by molar-refractivity contribution is 6.27. The molecule has 3 aromatic rings. The van der Waals surface area contributed by atoms with Gasteiger partial charge in [0.05, 0.1) is 18.6 Å². The van der Waals surface area contributed by atoms with Crippen molar-refractivity contribution in [1.29, 1.82) is 0 Å². The average Bonchev–Trinajstić information content (AvgIpc) is 2.96. The molecule has 15 heteroatoms. The van der Waals surface area contributed by atoms with Gasteiger partial charge < -0.3 is 29.0 Å². The molecule has 0 aliphatic carbocycles. The van der Waals surface area contributed by atoms with Crippen molar-refractivity contribution in [1.82, 2.24) is 14.0 Å². The minimum Gasteiger partial charge on any atom is -0.493 e. The molecule has 3 heterocycles. The number of hydrogen-bond acceptors (Lipinski definition) is 11. The number of carboxylic acid groups (broad SMARTS) is 2. The van der Waals surface area contributed by atoms with Crippen LogP contribution in [0.1, 0.15) is 23.9 Å². The van der Waals surface area contributed by atoms with Crippen LogP contribution in [0.25, 0.3) is 11.0 Å². The van der Waals surface area contributed by atoms with Crippen LogP contribution < -0.4 is 26.3 Å². The monoisotopic (exact) mass is 588 g/mol. The Balaban J connectivity index is 0.000000730. The predicted octanol–water partition coefficient (Wildman–Crippen LogP) is 0.114. The summed E-state index contributed by atoms with van der Waals surface area (Å²) in [6.45, 7) is 6.21. The van der Waals surface area contributed by atoms with Gasteiger partial charge in [-0.3, -0.25) is 23.6 Å². The molecule has 1 aliphatic rings. The van der Waals surface area contributed by atoms with Gasteiger partial charge in [0.2, 0.25) is 5.76 Å². The van der Waals surface area contributed by atoms with Crippen LogP contribution in [0.4, 0.5) is 5.82 Å². The van der Waals surface area contributed by atoms with Crippen molar-refractivity contribution in [2.45, 2.75) is 13.3 Å². The molecule has 2 aromatic heterocycles. The molecule has 2 N–H and O–H groups in total. The van der Waals surface area contributed by atoms with E-state index in [1.54, 1.807) is 32.2 Å². The van der Waals surface area contributed by atoms with Gasteiger partial charge in [-0.05, 0) is 25.5 Å². The van der Waals surface area contributed by atoms with E-state index in [0.717, 1.165) is 36.7 Å². The smallest absolute Gasteiger partial charge is 0.414 e. The van der Waals surface area contributed by atoms with Crippen molar-refractivity contribution in [2.75, 3.05) is 50.8 Å². The molecule has 42 heavy (non-hydrogen) atoms. The molecule has 4 rings (SSSR count). The summed E-state index contributed by atoms with van der Waals surface area (Å²) in [5.74, 6) is -3.28. The lowest BCUT2D eigenvalue weighted by molar-refractivity contribution is -0.159. The van der Waals surface area contributed by atoms with Crippen LogP contribution in [0.15, 0.2) is 49.1 Å². The first-order chi connectivity index (χ1) is 19.9. The van der Waals surface area contributed by atoms with Gasteiger partial charge in [-0.2, -0.15) is 0 Å². The maximum Gasteiger partial charge on any atom is 0.414 e. The van der Waals surface area contributed by atoms with E-state index in [1.165, 1.54) is 17.7 Å². The molecule has 0 amide bonds. The van der Waals surface area contributed by atoms with Crippen LogP contribution in [0, 0.1) is 0 Å². The molecule has 0 saturated carbocycles. The summed E-state index contributed by atoms with van der Waals surface area (Å²) in [5.41, 5.74) is -0.690. The largest absolute Gasteiger partial charge is 0.493 e. The fourth-order valence-corrected chi connectivity index (χ4v) is 4.23. The Hall–Kier alpha value is -4.92. The molecule has 1 aromatic carbocycles. The van der Waals surface area contributed by atoms with Gasteiger partial charge in [-0.25, -0.2) is 19.2 Å². The number of rotatable bonds is 8. The third-order valence-corrected chi connectivity index (χ3v) is 6.44. The van der Waals surface area contributed by atoms with Crippen LogP contribution in [0.5, 0.6) is 5.75 Å². The first-order valence-corrected chi connectivity index (χ1v) is 13.0. The highest BCUT2D eigenvalue weighted by Crippen LogP contribution is 2.20. The van der Waals surface area contributed by atoms with Gasteiger partial charge in [0.25, 0.3) is 5.56 Å². The van der Waals surface area contributed by atoms with Crippen LogP contribution >= 0.6 is 0 Å². The van der Waals surface area contributed by atoms with Crippen molar-refractivity contribution >= 4 is 34.7 Å². The van der Waals surface area contributed by atoms with Crippen molar-refractivity contribution in [3.8, 4) is 5.75 Å². The molecule has 0 atom stereocenters. The summed E-state index contributed by atoms with van der Waals surface area (Å²) in [6, 6.07) is 7.57. The van der Waals surface area contributed by atoms with Gasteiger partial charge >= 0.3 is 23.6 Å². The van der Waals surface area contributed by atoms with E-state index in [0.29, 0.717) is 36.6 Å². The van der Waals surface area contributed by atoms with Crippen LogP contribution in [0.3, 0.4) is 0 Å². The first-order valence-electron chi connectivity index (χ1n) is 13.0. The summed E-state index contributed by atoms with van der Waals surface area (Å²) in [6.07, 6.45) is 0.787. The molecular formula is C27H32N4O11. The lowest BCUT2D eigenvalue weighted by Crippen LogP contribution is -2.49. The lowest BCUT2D eigenvalue weighted by atomic mass is 10.2. The molecule has 0 spiro atoms. The SMILES string of the molecule is CCOC(=O)c1cc(=O)c2ccc(OCCCN3CCN(c4cc(=O)n(C)c(=O)n4C)CC3)cc2o1.O=C(O)C(=O)O. The highest BCUT2D eigenvalue weighted by Gasteiger charge is 2.20. The van der Waals surface area contributed by atoms with E-state index >= 15 is 0 Å². The van der Waals surface area contributed by atoms with E-state index < -0.39 is 17.9 Å². The zero-order chi connectivity index (χ0) is 31.0. The molecule has 1 aliphatic heterocycles. The number of piperazine rings is 1. The van der Waals surface area contributed by atoms with Crippen molar-refractivity contribution in [3.05, 3.63) is 67.2 Å². The molecule has 0 bridgehead atoms. The second kappa shape index (κ2) is 14.1. The number of hydrogen-bond donors (Lipinski definition) is 2. The predicted molar refractivity (Wildman–Crippen MR) is 149 cm³/mol. The fraction of sp³-hybridized carbons (Fsp3) is 0.407. The third-order valence-electron chi connectivity index (χ3n) is 6.44. The molecule has 1 saturated heterocycles. The Bertz CT molecular complexity index is 1620.